The first-order valence-electron chi connectivity index (χ1n) is 7.51. The predicted octanol–water partition coefficient (Wildman–Crippen LogP) is 5.01. The highest BCUT2D eigenvalue weighted by molar-refractivity contribution is 8.03. The van der Waals surface area contributed by atoms with E-state index in [4.69, 9.17) is 16.6 Å². The van der Waals surface area contributed by atoms with Crippen molar-refractivity contribution in [1.82, 2.24) is 4.57 Å². The molecule has 0 unspecified atom stereocenters. The SMILES string of the molecule is CCN1C(=C=C(C)c2oc(=S)n(CC)c2O)Sc2ccccc21. The molecule has 0 amide bonds. The van der Waals surface area contributed by atoms with Crippen molar-refractivity contribution in [2.45, 2.75) is 32.2 Å². The van der Waals surface area contributed by atoms with E-state index < -0.39 is 0 Å². The number of nitrogens with zero attached hydrogens (tertiary/aromatic N) is 2. The average Bonchev–Trinajstić information content (AvgIpc) is 3.03. The summed E-state index contributed by atoms with van der Waals surface area (Å²) in [7, 11) is 0. The predicted molar refractivity (Wildman–Crippen MR) is 96.3 cm³/mol. The topological polar surface area (TPSA) is 41.5 Å². The number of oxazole rings is 1. The number of allylic oxidation sites excluding steroid dienone is 1. The molecule has 0 spiro atoms. The maximum absolute atomic E-state index is 10.3. The molecule has 1 aromatic heterocycles. The molecule has 0 saturated heterocycles. The van der Waals surface area contributed by atoms with Crippen LogP contribution in [0.4, 0.5) is 5.69 Å². The largest absolute Gasteiger partial charge is 0.492 e. The van der Waals surface area contributed by atoms with Crippen LogP contribution in [0.2, 0.25) is 0 Å². The van der Waals surface area contributed by atoms with Crippen LogP contribution in [-0.4, -0.2) is 16.2 Å². The molecule has 120 valence electrons. The third-order valence-electron chi connectivity index (χ3n) is 3.74. The Morgan fingerprint density at radius 2 is 2.04 bits per heavy atom. The summed E-state index contributed by atoms with van der Waals surface area (Å²) in [6.45, 7) is 7.31. The van der Waals surface area contributed by atoms with E-state index in [0.717, 1.165) is 17.1 Å². The Kier molecular flexibility index (Phi) is 4.39. The maximum Gasteiger partial charge on any atom is 0.272 e. The van der Waals surface area contributed by atoms with Gasteiger partial charge in [-0.05, 0) is 45.1 Å². The zero-order valence-electron chi connectivity index (χ0n) is 13.3. The van der Waals surface area contributed by atoms with Crippen LogP contribution in [-0.2, 0) is 6.54 Å². The zero-order valence-corrected chi connectivity index (χ0v) is 14.9. The van der Waals surface area contributed by atoms with Gasteiger partial charge in [-0.15, -0.1) is 0 Å². The van der Waals surface area contributed by atoms with Crippen LogP contribution < -0.4 is 4.90 Å². The van der Waals surface area contributed by atoms with Gasteiger partial charge in [-0.1, -0.05) is 29.6 Å². The van der Waals surface area contributed by atoms with Gasteiger partial charge in [0.05, 0.1) is 5.69 Å². The third kappa shape index (κ3) is 2.74. The monoisotopic (exact) mass is 346 g/mol. The van der Waals surface area contributed by atoms with Crippen molar-refractivity contribution >= 4 is 35.2 Å². The Bertz CT molecular complexity index is 873. The Balaban J connectivity index is 2.10. The molecule has 0 radical (unpaired) electrons. The highest BCUT2D eigenvalue weighted by Crippen LogP contribution is 2.45. The summed E-state index contributed by atoms with van der Waals surface area (Å²) in [4.78, 5) is 3.69. The molecule has 1 N–H and O–H groups in total. The average molecular weight is 346 g/mol. The minimum atomic E-state index is 0.0617. The van der Waals surface area contributed by atoms with Crippen LogP contribution in [0.15, 0.2) is 44.3 Å². The molecule has 3 rings (SSSR count). The van der Waals surface area contributed by atoms with Crippen molar-refractivity contribution in [3.05, 3.63) is 45.6 Å². The number of para-hydroxylation sites is 1. The molecule has 2 aromatic rings. The number of aromatic nitrogens is 1. The second kappa shape index (κ2) is 6.32. The van der Waals surface area contributed by atoms with E-state index in [0.29, 0.717) is 12.3 Å². The second-order valence-corrected chi connectivity index (χ2v) is 6.51. The minimum Gasteiger partial charge on any atom is -0.492 e. The van der Waals surface area contributed by atoms with Crippen LogP contribution in [0.3, 0.4) is 0 Å². The van der Waals surface area contributed by atoms with Gasteiger partial charge in [0.15, 0.2) is 0 Å². The van der Waals surface area contributed by atoms with Crippen LogP contribution in [0.5, 0.6) is 5.88 Å². The zero-order chi connectivity index (χ0) is 16.6. The highest BCUT2D eigenvalue weighted by Gasteiger charge is 2.24. The van der Waals surface area contributed by atoms with E-state index in [9.17, 15) is 5.11 Å². The molecule has 1 aromatic carbocycles. The number of fused-ring (bicyclic) bond motifs is 1. The van der Waals surface area contributed by atoms with Crippen LogP contribution in [0.25, 0.3) is 5.57 Å². The molecule has 2 heterocycles. The van der Waals surface area contributed by atoms with E-state index in [2.05, 4.69) is 29.7 Å². The molecule has 0 saturated carbocycles. The molecule has 6 heteroatoms. The van der Waals surface area contributed by atoms with E-state index >= 15 is 0 Å². The number of hydrogen-bond donors (Lipinski definition) is 1. The molecule has 23 heavy (non-hydrogen) atoms. The number of rotatable bonds is 3. The van der Waals surface area contributed by atoms with Gasteiger partial charge in [-0.3, -0.25) is 4.57 Å². The van der Waals surface area contributed by atoms with Gasteiger partial charge in [0.25, 0.3) is 4.84 Å². The molecular formula is C17H18N2O2S2. The van der Waals surface area contributed by atoms with Gasteiger partial charge in [0.1, 0.15) is 5.03 Å². The number of benzene rings is 1. The lowest BCUT2D eigenvalue weighted by Crippen LogP contribution is -2.15. The molecule has 0 aliphatic carbocycles. The molecule has 0 atom stereocenters. The van der Waals surface area contributed by atoms with Crippen molar-refractivity contribution in [1.29, 1.82) is 0 Å². The van der Waals surface area contributed by atoms with Gasteiger partial charge in [-0.2, -0.15) is 0 Å². The Morgan fingerprint density at radius 3 is 2.70 bits per heavy atom. The van der Waals surface area contributed by atoms with Crippen molar-refractivity contribution in [3.63, 3.8) is 0 Å². The number of anilines is 1. The summed E-state index contributed by atoms with van der Waals surface area (Å²) in [5, 5.41) is 11.3. The molecule has 1 aliphatic heterocycles. The van der Waals surface area contributed by atoms with E-state index in [-0.39, 0.29) is 10.7 Å². The van der Waals surface area contributed by atoms with Crippen LogP contribution >= 0.6 is 24.0 Å². The standard InChI is InChI=1S/C17H18N2O2S2/c1-4-18-12-8-6-7-9-13(12)23-14(18)10-11(3)15-16(20)19(5-2)17(22)21-15/h6-9,20H,4-5H2,1-3H3. The molecular weight excluding hydrogens is 328 g/mol. The summed E-state index contributed by atoms with van der Waals surface area (Å²) >= 11 is 6.81. The first-order chi connectivity index (χ1) is 11.1. The smallest absolute Gasteiger partial charge is 0.272 e. The third-order valence-corrected chi connectivity index (χ3v) is 5.13. The van der Waals surface area contributed by atoms with Gasteiger partial charge < -0.3 is 14.4 Å². The van der Waals surface area contributed by atoms with Crippen molar-refractivity contribution < 1.29 is 9.52 Å². The maximum atomic E-state index is 10.3. The normalized spacial score (nSPS) is 13.2. The van der Waals surface area contributed by atoms with Gasteiger partial charge >= 0.3 is 0 Å². The van der Waals surface area contributed by atoms with Gasteiger partial charge in [-0.25, -0.2) is 0 Å². The minimum absolute atomic E-state index is 0.0617. The second-order valence-electron chi connectivity index (χ2n) is 5.13. The lowest BCUT2D eigenvalue weighted by molar-refractivity contribution is 0.418. The number of hydrogen-bond acceptors (Lipinski definition) is 5. The summed E-state index contributed by atoms with van der Waals surface area (Å²) in [5.74, 6) is 0.448. The summed E-state index contributed by atoms with van der Waals surface area (Å²) in [6.07, 6.45) is 0. The van der Waals surface area contributed by atoms with Crippen molar-refractivity contribution in [3.8, 4) is 5.88 Å². The van der Waals surface area contributed by atoms with Gasteiger partial charge in [0.2, 0.25) is 11.6 Å². The van der Waals surface area contributed by atoms with Gasteiger partial charge in [0, 0.05) is 23.6 Å². The molecule has 0 fully saturated rings. The number of aromatic hydroxyl groups is 1. The van der Waals surface area contributed by atoms with Crippen molar-refractivity contribution in [2.75, 3.05) is 11.4 Å². The Hall–Kier alpha value is -1.88. The first kappa shape index (κ1) is 16.0. The molecule has 0 bridgehead atoms. The summed E-state index contributed by atoms with van der Waals surface area (Å²) in [5.41, 5.74) is 5.28. The fraction of sp³-hybridized carbons (Fsp3) is 0.294. The van der Waals surface area contributed by atoms with Crippen LogP contribution in [0, 0.1) is 4.84 Å². The van der Waals surface area contributed by atoms with E-state index in [1.165, 1.54) is 10.6 Å². The Labute approximate surface area is 144 Å². The van der Waals surface area contributed by atoms with Crippen LogP contribution in [0.1, 0.15) is 26.5 Å². The fourth-order valence-corrected chi connectivity index (χ4v) is 4.06. The lowest BCUT2D eigenvalue weighted by atomic mass is 10.2. The first-order valence-corrected chi connectivity index (χ1v) is 8.74. The van der Waals surface area contributed by atoms with Crippen molar-refractivity contribution in [2.24, 2.45) is 0 Å². The number of thioether (sulfide) groups is 1. The summed E-state index contributed by atoms with van der Waals surface area (Å²) < 4.78 is 7.11. The quantitative estimate of drug-likeness (QED) is 0.625. The fourth-order valence-electron chi connectivity index (χ4n) is 2.58. The lowest BCUT2D eigenvalue weighted by Gasteiger charge is -2.16. The molecule has 4 nitrogen and oxygen atoms in total. The molecule has 1 aliphatic rings. The highest BCUT2D eigenvalue weighted by atomic mass is 32.2. The van der Waals surface area contributed by atoms with E-state index in [1.807, 2.05) is 26.0 Å². The van der Waals surface area contributed by atoms with E-state index in [1.54, 1.807) is 16.3 Å². The summed E-state index contributed by atoms with van der Waals surface area (Å²) in [6, 6.07) is 8.27. The Morgan fingerprint density at radius 1 is 1.30 bits per heavy atom.